The van der Waals surface area contributed by atoms with E-state index in [0.29, 0.717) is 11.3 Å². The zero-order chi connectivity index (χ0) is 9.35. The first kappa shape index (κ1) is 9.76. The first-order chi connectivity index (χ1) is 5.45. The molecule has 0 radical (unpaired) electrons. The molecule has 0 aliphatic heterocycles. The molecule has 0 fully saturated rings. The van der Waals surface area contributed by atoms with Crippen LogP contribution in [0.5, 0.6) is 0 Å². The maximum Gasteiger partial charge on any atom is 0.434 e. The average Bonchev–Trinajstić information content (AvgIpc) is 2.29. The zero-order valence-electron chi connectivity index (χ0n) is 5.52. The van der Waals surface area contributed by atoms with Crippen molar-refractivity contribution in [3.8, 4) is 0 Å². The first-order valence-corrected chi connectivity index (χ1v) is 3.98. The Hall–Kier alpha value is -0.330. The van der Waals surface area contributed by atoms with Crippen molar-refractivity contribution in [2.45, 2.75) is 12.8 Å². The van der Waals surface area contributed by atoms with Gasteiger partial charge >= 0.3 is 6.18 Å². The van der Waals surface area contributed by atoms with Crippen molar-refractivity contribution >= 4 is 22.9 Å². The molecule has 0 aliphatic rings. The Morgan fingerprint density at radius 3 is 2.42 bits per heavy atom. The molecule has 7 heteroatoms. The van der Waals surface area contributed by atoms with Crippen LogP contribution in [-0.2, 0) is 12.8 Å². The van der Waals surface area contributed by atoms with E-state index in [4.69, 9.17) is 16.7 Å². The topological polar surface area (TPSA) is 33.1 Å². The van der Waals surface area contributed by atoms with E-state index < -0.39 is 18.5 Å². The Labute approximate surface area is 74.6 Å². The average molecular weight is 218 g/mol. The maximum absolute atomic E-state index is 12.0. The maximum atomic E-state index is 12.0. The number of aliphatic hydroxyl groups excluding tert-OH is 1. The molecule has 0 aliphatic carbocycles. The Bertz CT molecular complexity index is 285. The van der Waals surface area contributed by atoms with Gasteiger partial charge in [-0.25, -0.2) is 4.98 Å². The first-order valence-electron chi connectivity index (χ1n) is 2.78. The molecule has 1 N–H and O–H groups in total. The Morgan fingerprint density at radius 1 is 1.50 bits per heavy atom. The summed E-state index contributed by atoms with van der Waals surface area (Å²) >= 11 is 5.87. The molecule has 0 saturated heterocycles. The normalized spacial score (nSPS) is 12.1. The van der Waals surface area contributed by atoms with Gasteiger partial charge in [0.05, 0.1) is 11.5 Å². The molecule has 0 unspecified atom stereocenters. The summed E-state index contributed by atoms with van der Waals surface area (Å²) in [6, 6.07) is 0. The van der Waals surface area contributed by atoms with Gasteiger partial charge in [-0.1, -0.05) is 11.6 Å². The number of thiazole rings is 1. The third-order valence-corrected chi connectivity index (χ3v) is 2.23. The van der Waals surface area contributed by atoms with Crippen LogP contribution in [0.1, 0.15) is 10.6 Å². The van der Waals surface area contributed by atoms with E-state index in [1.807, 2.05) is 0 Å². The van der Waals surface area contributed by atoms with Gasteiger partial charge in [0.2, 0.25) is 0 Å². The fraction of sp³-hybridized carbons (Fsp3) is 0.400. The van der Waals surface area contributed by atoms with Crippen molar-refractivity contribution in [3.05, 3.63) is 15.0 Å². The Kier molecular flexibility index (Phi) is 2.60. The van der Waals surface area contributed by atoms with Crippen molar-refractivity contribution in [1.82, 2.24) is 4.98 Å². The van der Waals surface area contributed by atoms with Crippen LogP contribution in [0.25, 0.3) is 0 Å². The minimum absolute atomic E-state index is 0.216. The molecule has 68 valence electrons. The van der Waals surface area contributed by atoms with Gasteiger partial charge in [-0.3, -0.25) is 0 Å². The second-order valence-electron chi connectivity index (χ2n) is 1.89. The van der Waals surface area contributed by atoms with E-state index in [1.165, 1.54) is 0 Å². The number of hydrogen-bond donors (Lipinski definition) is 1. The van der Waals surface area contributed by atoms with Crippen LogP contribution in [0.15, 0.2) is 0 Å². The van der Waals surface area contributed by atoms with Crippen molar-refractivity contribution < 1.29 is 18.3 Å². The number of halogens is 4. The van der Waals surface area contributed by atoms with Crippen molar-refractivity contribution in [1.29, 1.82) is 0 Å². The molecular formula is C5H3ClF3NOS. The van der Waals surface area contributed by atoms with Crippen LogP contribution in [-0.4, -0.2) is 10.1 Å². The highest BCUT2D eigenvalue weighted by molar-refractivity contribution is 7.15. The van der Waals surface area contributed by atoms with Gasteiger partial charge in [0.15, 0.2) is 10.2 Å². The van der Waals surface area contributed by atoms with Gasteiger partial charge in [0, 0.05) is 0 Å². The Balaban J connectivity index is 3.13. The lowest BCUT2D eigenvalue weighted by Gasteiger charge is -2.02. The van der Waals surface area contributed by atoms with Crippen LogP contribution in [0.2, 0.25) is 4.47 Å². The third-order valence-electron chi connectivity index (χ3n) is 1.08. The summed E-state index contributed by atoms with van der Waals surface area (Å²) in [5.41, 5.74) is -1.10. The Morgan fingerprint density at radius 2 is 2.08 bits per heavy atom. The lowest BCUT2D eigenvalue weighted by molar-refractivity contribution is -0.141. The fourth-order valence-corrected chi connectivity index (χ4v) is 1.68. The lowest BCUT2D eigenvalue weighted by atomic mass is 10.4. The molecular weight excluding hydrogens is 215 g/mol. The minimum atomic E-state index is -4.54. The SMILES string of the molecule is OCc1sc(Cl)nc1C(F)(F)F. The predicted molar refractivity (Wildman–Crippen MR) is 38.0 cm³/mol. The number of alkyl halides is 3. The summed E-state index contributed by atoms with van der Waals surface area (Å²) in [4.78, 5) is 2.79. The number of hydrogen-bond acceptors (Lipinski definition) is 3. The molecule has 2 nitrogen and oxygen atoms in total. The molecule has 1 aromatic rings. The standard InChI is InChI=1S/C5H3ClF3NOS/c6-4-10-3(5(7,8)9)2(1-11)12-4/h11H,1H2. The van der Waals surface area contributed by atoms with E-state index in [9.17, 15) is 13.2 Å². The highest BCUT2D eigenvalue weighted by atomic mass is 35.5. The minimum Gasteiger partial charge on any atom is -0.391 e. The van der Waals surface area contributed by atoms with Crippen LogP contribution in [0.3, 0.4) is 0 Å². The predicted octanol–water partition coefficient (Wildman–Crippen LogP) is 2.31. The van der Waals surface area contributed by atoms with E-state index in [0.717, 1.165) is 0 Å². The molecule has 0 aromatic carbocycles. The quantitative estimate of drug-likeness (QED) is 0.783. The number of nitrogens with zero attached hydrogens (tertiary/aromatic N) is 1. The van der Waals surface area contributed by atoms with E-state index >= 15 is 0 Å². The van der Waals surface area contributed by atoms with Gasteiger partial charge in [-0.05, 0) is 0 Å². The van der Waals surface area contributed by atoms with E-state index in [2.05, 4.69) is 4.98 Å². The number of aromatic nitrogens is 1. The molecule has 1 rings (SSSR count). The van der Waals surface area contributed by atoms with Crippen molar-refractivity contribution in [3.63, 3.8) is 0 Å². The summed E-state index contributed by atoms with van der Waals surface area (Å²) < 4.78 is 35.9. The van der Waals surface area contributed by atoms with Crippen LogP contribution >= 0.6 is 22.9 Å². The summed E-state index contributed by atoms with van der Waals surface area (Å²) in [7, 11) is 0. The fourth-order valence-electron chi connectivity index (χ4n) is 0.652. The number of rotatable bonds is 1. The van der Waals surface area contributed by atoms with Crippen molar-refractivity contribution in [2.75, 3.05) is 0 Å². The van der Waals surface area contributed by atoms with Crippen LogP contribution in [0.4, 0.5) is 13.2 Å². The van der Waals surface area contributed by atoms with Gasteiger partial charge in [0.25, 0.3) is 0 Å². The summed E-state index contributed by atoms with van der Waals surface area (Å²) in [5, 5.41) is 8.51. The summed E-state index contributed by atoms with van der Waals surface area (Å²) in [6.07, 6.45) is -4.54. The highest BCUT2D eigenvalue weighted by Crippen LogP contribution is 2.35. The molecule has 12 heavy (non-hydrogen) atoms. The van der Waals surface area contributed by atoms with Crippen LogP contribution in [0, 0.1) is 0 Å². The van der Waals surface area contributed by atoms with Gasteiger partial charge in [0.1, 0.15) is 0 Å². The molecule has 0 amide bonds. The molecule has 0 bridgehead atoms. The third kappa shape index (κ3) is 1.88. The van der Waals surface area contributed by atoms with Crippen molar-refractivity contribution in [2.24, 2.45) is 0 Å². The molecule has 1 aromatic heterocycles. The molecule has 1 heterocycles. The van der Waals surface area contributed by atoms with Gasteiger partial charge in [-0.15, -0.1) is 11.3 Å². The monoisotopic (exact) mass is 217 g/mol. The second-order valence-corrected chi connectivity index (χ2v) is 3.56. The molecule has 0 saturated carbocycles. The molecule has 0 atom stereocenters. The van der Waals surface area contributed by atoms with Crippen LogP contribution < -0.4 is 0 Å². The zero-order valence-corrected chi connectivity index (χ0v) is 7.09. The smallest absolute Gasteiger partial charge is 0.391 e. The lowest BCUT2D eigenvalue weighted by Crippen LogP contribution is -2.08. The largest absolute Gasteiger partial charge is 0.434 e. The van der Waals surface area contributed by atoms with Gasteiger partial charge < -0.3 is 5.11 Å². The number of aliphatic hydroxyl groups is 1. The summed E-state index contributed by atoms with van der Waals surface area (Å²) in [5.74, 6) is 0. The van der Waals surface area contributed by atoms with Gasteiger partial charge in [-0.2, -0.15) is 13.2 Å². The van der Waals surface area contributed by atoms with E-state index in [1.54, 1.807) is 0 Å². The highest BCUT2D eigenvalue weighted by Gasteiger charge is 2.36. The summed E-state index contributed by atoms with van der Waals surface area (Å²) in [6.45, 7) is -0.695. The van der Waals surface area contributed by atoms with E-state index in [-0.39, 0.29) is 9.34 Å². The molecule has 0 spiro atoms. The second kappa shape index (κ2) is 3.20.